The topological polar surface area (TPSA) is 59.2 Å². The number of amides is 1. The van der Waals surface area contributed by atoms with Crippen LogP contribution in [0.1, 0.15) is 36.0 Å². The number of hydrogen-bond acceptors (Lipinski definition) is 4. The fourth-order valence-corrected chi connectivity index (χ4v) is 2.69. The van der Waals surface area contributed by atoms with E-state index < -0.39 is 0 Å². The summed E-state index contributed by atoms with van der Waals surface area (Å²) >= 11 is 0. The van der Waals surface area contributed by atoms with Gasteiger partial charge in [0.15, 0.2) is 5.82 Å². The van der Waals surface area contributed by atoms with Crippen LogP contribution < -0.4 is 0 Å². The maximum atomic E-state index is 12.3. The quantitative estimate of drug-likeness (QED) is 0.817. The van der Waals surface area contributed by atoms with Gasteiger partial charge in [0.1, 0.15) is 0 Å². The van der Waals surface area contributed by atoms with Gasteiger partial charge in [-0.05, 0) is 31.4 Å². The van der Waals surface area contributed by atoms with E-state index in [4.69, 9.17) is 4.52 Å². The lowest BCUT2D eigenvalue weighted by molar-refractivity contribution is -0.127. The van der Waals surface area contributed by atoms with Crippen LogP contribution in [0.4, 0.5) is 0 Å². The first kappa shape index (κ1) is 14.5. The molecule has 1 aliphatic rings. The second-order valence-electron chi connectivity index (χ2n) is 5.55. The Morgan fingerprint density at radius 3 is 2.91 bits per heavy atom. The normalized spacial score (nSPS) is 18.8. The minimum absolute atomic E-state index is 0.0322. The van der Waals surface area contributed by atoms with Crippen LogP contribution in [0, 0.1) is 6.92 Å². The Labute approximate surface area is 129 Å². The number of carbonyl (C=O) groups is 1. The van der Waals surface area contributed by atoms with Gasteiger partial charge in [-0.1, -0.05) is 35.5 Å². The number of aromatic nitrogens is 2. The smallest absolute Gasteiger partial charge is 0.246 e. The molecule has 0 saturated carbocycles. The Balaban J connectivity index is 1.64. The van der Waals surface area contributed by atoms with Crippen LogP contribution in [0.3, 0.4) is 0 Å². The van der Waals surface area contributed by atoms with Crippen molar-refractivity contribution in [2.75, 3.05) is 13.1 Å². The molecule has 0 aliphatic carbocycles. The van der Waals surface area contributed by atoms with E-state index in [2.05, 4.69) is 10.1 Å². The van der Waals surface area contributed by atoms with Crippen LogP contribution in [0.25, 0.3) is 6.08 Å². The third-order valence-corrected chi connectivity index (χ3v) is 3.84. The van der Waals surface area contributed by atoms with Crippen LogP contribution in [-0.4, -0.2) is 34.0 Å². The van der Waals surface area contributed by atoms with Crippen LogP contribution in [-0.2, 0) is 4.79 Å². The highest BCUT2D eigenvalue weighted by molar-refractivity contribution is 5.91. The highest BCUT2D eigenvalue weighted by atomic mass is 16.5. The van der Waals surface area contributed by atoms with Crippen molar-refractivity contribution in [2.45, 2.75) is 25.7 Å². The highest BCUT2D eigenvalue weighted by Gasteiger charge is 2.27. The van der Waals surface area contributed by atoms with E-state index in [9.17, 15) is 4.79 Å². The van der Waals surface area contributed by atoms with Crippen LogP contribution in [0.15, 0.2) is 40.9 Å². The van der Waals surface area contributed by atoms with Gasteiger partial charge >= 0.3 is 0 Å². The number of likely N-dealkylation sites (tertiary alicyclic amines) is 1. The first-order valence-corrected chi connectivity index (χ1v) is 7.54. The molecule has 2 aromatic rings. The molecule has 2 heterocycles. The second kappa shape index (κ2) is 6.56. The van der Waals surface area contributed by atoms with Crippen molar-refractivity contribution in [1.82, 2.24) is 15.0 Å². The third kappa shape index (κ3) is 3.42. The fourth-order valence-electron chi connectivity index (χ4n) is 2.69. The van der Waals surface area contributed by atoms with E-state index in [0.717, 1.165) is 24.9 Å². The van der Waals surface area contributed by atoms with E-state index >= 15 is 0 Å². The van der Waals surface area contributed by atoms with Crippen molar-refractivity contribution >= 4 is 12.0 Å². The molecule has 1 atom stereocenters. The van der Waals surface area contributed by atoms with E-state index in [-0.39, 0.29) is 11.8 Å². The number of rotatable bonds is 3. The zero-order chi connectivity index (χ0) is 15.4. The zero-order valence-corrected chi connectivity index (χ0v) is 12.6. The molecule has 1 aromatic heterocycles. The number of aryl methyl sites for hydroxylation is 1. The van der Waals surface area contributed by atoms with Crippen molar-refractivity contribution in [3.8, 4) is 0 Å². The summed E-state index contributed by atoms with van der Waals surface area (Å²) in [4.78, 5) is 18.5. The Hall–Kier alpha value is -2.43. The van der Waals surface area contributed by atoms with Gasteiger partial charge in [0.2, 0.25) is 11.8 Å². The summed E-state index contributed by atoms with van der Waals surface area (Å²) in [6.45, 7) is 3.22. The molecule has 1 aromatic carbocycles. The molecule has 0 spiro atoms. The lowest BCUT2D eigenvalue weighted by atomic mass is 9.98. The van der Waals surface area contributed by atoms with Gasteiger partial charge in [0.25, 0.3) is 0 Å². The van der Waals surface area contributed by atoms with Gasteiger partial charge in [0, 0.05) is 19.2 Å². The highest BCUT2D eigenvalue weighted by Crippen LogP contribution is 2.25. The lowest BCUT2D eigenvalue weighted by Crippen LogP contribution is -2.38. The number of hydrogen-bond donors (Lipinski definition) is 0. The third-order valence-electron chi connectivity index (χ3n) is 3.84. The lowest BCUT2D eigenvalue weighted by Gasteiger charge is -2.30. The maximum Gasteiger partial charge on any atom is 0.246 e. The van der Waals surface area contributed by atoms with E-state index in [1.165, 1.54) is 0 Å². The van der Waals surface area contributed by atoms with Gasteiger partial charge in [-0.3, -0.25) is 4.79 Å². The minimum Gasteiger partial charge on any atom is -0.339 e. The molecule has 1 saturated heterocycles. The summed E-state index contributed by atoms with van der Waals surface area (Å²) in [5, 5.41) is 3.83. The molecule has 3 rings (SSSR count). The Kier molecular flexibility index (Phi) is 4.32. The van der Waals surface area contributed by atoms with Crippen molar-refractivity contribution in [2.24, 2.45) is 0 Å². The van der Waals surface area contributed by atoms with Gasteiger partial charge < -0.3 is 9.42 Å². The average molecular weight is 297 g/mol. The van der Waals surface area contributed by atoms with Crippen molar-refractivity contribution in [3.63, 3.8) is 0 Å². The Morgan fingerprint density at radius 2 is 2.18 bits per heavy atom. The molecule has 114 valence electrons. The fraction of sp³-hybridized carbons (Fsp3) is 0.353. The standard InChI is InChI=1S/C17H19N3O2/c1-13-18-17(22-19-13)15-8-5-11-20(12-15)16(21)10-9-14-6-3-2-4-7-14/h2-4,6-7,9-10,15H,5,8,11-12H2,1H3/b10-9+. The molecule has 0 bridgehead atoms. The molecular formula is C17H19N3O2. The largest absolute Gasteiger partial charge is 0.339 e. The predicted molar refractivity (Wildman–Crippen MR) is 83.1 cm³/mol. The summed E-state index contributed by atoms with van der Waals surface area (Å²) in [5.41, 5.74) is 1.02. The molecule has 5 heteroatoms. The van der Waals surface area contributed by atoms with Crippen molar-refractivity contribution in [1.29, 1.82) is 0 Å². The van der Waals surface area contributed by atoms with E-state index in [1.54, 1.807) is 13.0 Å². The van der Waals surface area contributed by atoms with Crippen molar-refractivity contribution < 1.29 is 9.32 Å². The molecule has 1 amide bonds. The molecule has 0 radical (unpaired) electrons. The molecule has 22 heavy (non-hydrogen) atoms. The monoisotopic (exact) mass is 297 g/mol. The first-order chi connectivity index (χ1) is 10.7. The molecule has 5 nitrogen and oxygen atoms in total. The van der Waals surface area contributed by atoms with Gasteiger partial charge in [-0.2, -0.15) is 4.98 Å². The van der Waals surface area contributed by atoms with Gasteiger partial charge in [-0.15, -0.1) is 0 Å². The van der Waals surface area contributed by atoms with Crippen LogP contribution >= 0.6 is 0 Å². The summed E-state index contributed by atoms with van der Waals surface area (Å²) in [7, 11) is 0. The average Bonchev–Trinajstić information content (AvgIpc) is 3.00. The van der Waals surface area contributed by atoms with E-state index in [1.807, 2.05) is 41.3 Å². The molecule has 0 N–H and O–H groups in total. The summed E-state index contributed by atoms with van der Waals surface area (Å²) in [5.74, 6) is 1.46. The van der Waals surface area contributed by atoms with Crippen LogP contribution in [0.2, 0.25) is 0 Å². The summed E-state index contributed by atoms with van der Waals surface area (Å²) < 4.78 is 5.24. The number of nitrogens with zero attached hydrogens (tertiary/aromatic N) is 3. The molecule has 1 aliphatic heterocycles. The van der Waals surface area contributed by atoms with Crippen molar-refractivity contribution in [3.05, 3.63) is 53.7 Å². The number of carbonyl (C=O) groups excluding carboxylic acids is 1. The first-order valence-electron chi connectivity index (χ1n) is 7.54. The second-order valence-corrected chi connectivity index (χ2v) is 5.55. The van der Waals surface area contributed by atoms with Gasteiger partial charge in [0.05, 0.1) is 5.92 Å². The molecule has 1 fully saturated rings. The number of piperidine rings is 1. The summed E-state index contributed by atoms with van der Waals surface area (Å²) in [6.07, 6.45) is 5.42. The van der Waals surface area contributed by atoms with E-state index in [0.29, 0.717) is 18.3 Å². The SMILES string of the molecule is Cc1noc(C2CCCN(C(=O)/C=C/c3ccccc3)C2)n1. The van der Waals surface area contributed by atoms with Crippen LogP contribution in [0.5, 0.6) is 0 Å². The Bertz CT molecular complexity index is 664. The minimum atomic E-state index is 0.0322. The predicted octanol–water partition coefficient (Wildman–Crippen LogP) is 2.80. The molecular weight excluding hydrogens is 278 g/mol. The van der Waals surface area contributed by atoms with Gasteiger partial charge in [-0.25, -0.2) is 0 Å². The Morgan fingerprint density at radius 1 is 1.36 bits per heavy atom. The number of benzene rings is 1. The summed E-state index contributed by atoms with van der Waals surface area (Å²) in [6, 6.07) is 9.83. The maximum absolute atomic E-state index is 12.3. The molecule has 1 unspecified atom stereocenters. The zero-order valence-electron chi connectivity index (χ0n) is 12.6.